The Balaban J connectivity index is 1.58. The smallest absolute Gasteiger partial charge is 0.174 e. The number of pyridine rings is 2. The van der Waals surface area contributed by atoms with Crippen LogP contribution >= 0.6 is 12.2 Å². The minimum Gasteiger partial charge on any atom is -0.351 e. The molecular formula is C27H27N5S. The third-order valence-electron chi connectivity index (χ3n) is 6.16. The monoisotopic (exact) mass is 453 g/mol. The summed E-state index contributed by atoms with van der Waals surface area (Å²) in [5, 5.41) is 4.26. The molecule has 0 unspecified atom stereocenters. The Hall–Kier alpha value is -3.51. The van der Waals surface area contributed by atoms with E-state index in [1.807, 2.05) is 36.7 Å². The van der Waals surface area contributed by atoms with Gasteiger partial charge in [0.25, 0.3) is 0 Å². The molecule has 0 aliphatic carbocycles. The molecule has 5 nitrogen and oxygen atoms in total. The quantitative estimate of drug-likeness (QED) is 0.384. The van der Waals surface area contributed by atoms with Gasteiger partial charge in [-0.1, -0.05) is 38.1 Å². The van der Waals surface area contributed by atoms with Crippen LogP contribution in [0.2, 0.25) is 0 Å². The van der Waals surface area contributed by atoms with Gasteiger partial charge >= 0.3 is 0 Å². The molecule has 1 fully saturated rings. The summed E-state index contributed by atoms with van der Waals surface area (Å²) in [6.45, 7) is 5.12. The van der Waals surface area contributed by atoms with Crippen LogP contribution in [0.4, 0.5) is 5.69 Å². The van der Waals surface area contributed by atoms with Gasteiger partial charge in [0.05, 0.1) is 24.0 Å². The predicted molar refractivity (Wildman–Crippen MR) is 136 cm³/mol. The van der Waals surface area contributed by atoms with Crippen molar-refractivity contribution in [2.45, 2.75) is 38.4 Å². The summed E-state index contributed by atoms with van der Waals surface area (Å²) in [5.41, 5.74) is 5.54. The highest BCUT2D eigenvalue weighted by Gasteiger charge is 2.42. The molecule has 0 spiro atoms. The lowest BCUT2D eigenvalue weighted by Crippen LogP contribution is -2.30. The molecule has 0 radical (unpaired) electrons. The van der Waals surface area contributed by atoms with Gasteiger partial charge in [-0.15, -0.1) is 0 Å². The summed E-state index contributed by atoms with van der Waals surface area (Å²) in [5.74, 6) is 0.482. The van der Waals surface area contributed by atoms with Crippen molar-refractivity contribution in [2.75, 3.05) is 4.90 Å². The van der Waals surface area contributed by atoms with Gasteiger partial charge < -0.3 is 14.8 Å². The highest BCUT2D eigenvalue weighted by Crippen LogP contribution is 2.41. The number of nitrogens with zero attached hydrogens (tertiary/aromatic N) is 4. The number of hydrogen-bond donors (Lipinski definition) is 1. The highest BCUT2D eigenvalue weighted by atomic mass is 32.1. The van der Waals surface area contributed by atoms with Gasteiger partial charge in [0.15, 0.2) is 5.11 Å². The zero-order valence-corrected chi connectivity index (χ0v) is 19.6. The number of hydrogen-bond acceptors (Lipinski definition) is 3. The van der Waals surface area contributed by atoms with Crippen LogP contribution in [0.1, 0.15) is 54.5 Å². The van der Waals surface area contributed by atoms with E-state index in [-0.39, 0.29) is 12.1 Å². The zero-order valence-electron chi connectivity index (χ0n) is 18.8. The van der Waals surface area contributed by atoms with Crippen molar-refractivity contribution in [2.24, 2.45) is 0 Å². The van der Waals surface area contributed by atoms with Crippen LogP contribution in [0.25, 0.3) is 0 Å². The number of thiocarbonyl (C=S) groups is 1. The van der Waals surface area contributed by atoms with Crippen LogP contribution in [0.3, 0.4) is 0 Å². The first-order valence-corrected chi connectivity index (χ1v) is 11.7. The van der Waals surface area contributed by atoms with Gasteiger partial charge in [-0.05, 0) is 72.2 Å². The summed E-state index contributed by atoms with van der Waals surface area (Å²) in [6, 6.07) is 24.9. The maximum atomic E-state index is 5.87. The van der Waals surface area contributed by atoms with Crippen LogP contribution in [-0.2, 0) is 6.54 Å². The first kappa shape index (κ1) is 21.3. The van der Waals surface area contributed by atoms with E-state index in [0.717, 1.165) is 22.8 Å². The van der Waals surface area contributed by atoms with Gasteiger partial charge in [-0.2, -0.15) is 0 Å². The molecule has 2 atom stereocenters. The van der Waals surface area contributed by atoms with Crippen molar-refractivity contribution in [3.05, 3.63) is 114 Å². The standard InChI is InChI=1S/C27H27N5S/c1-19(2)20-11-13-22(14-12-20)32-26(25(30-27(32)33)23-9-4-6-16-29-23)24-10-7-17-31(24)18-21-8-3-5-15-28-21/h3-17,19,25-26H,18H2,1-2H3,(H,30,33)/t25-,26-/m0/s1. The molecule has 5 rings (SSSR count). The Morgan fingerprint density at radius 2 is 1.67 bits per heavy atom. The molecule has 0 bridgehead atoms. The third kappa shape index (κ3) is 4.26. The Kier molecular flexibility index (Phi) is 5.92. The van der Waals surface area contributed by atoms with Gasteiger partial charge in [-0.25, -0.2) is 0 Å². The van der Waals surface area contributed by atoms with E-state index in [4.69, 9.17) is 12.2 Å². The summed E-state index contributed by atoms with van der Waals surface area (Å²) < 4.78 is 2.26. The highest BCUT2D eigenvalue weighted by molar-refractivity contribution is 7.80. The van der Waals surface area contributed by atoms with Crippen LogP contribution < -0.4 is 10.2 Å². The molecule has 4 heterocycles. The molecule has 1 aromatic carbocycles. The lowest BCUT2D eigenvalue weighted by atomic mass is 9.99. The molecule has 166 valence electrons. The van der Waals surface area contributed by atoms with E-state index in [1.165, 1.54) is 5.56 Å². The predicted octanol–water partition coefficient (Wildman–Crippen LogP) is 5.63. The molecule has 3 aromatic heterocycles. The molecule has 6 heteroatoms. The summed E-state index contributed by atoms with van der Waals surface area (Å²) in [6.07, 6.45) is 5.79. The summed E-state index contributed by atoms with van der Waals surface area (Å²) in [4.78, 5) is 11.4. The fourth-order valence-electron chi connectivity index (χ4n) is 4.46. The number of benzene rings is 1. The second-order valence-electron chi connectivity index (χ2n) is 8.62. The summed E-state index contributed by atoms with van der Waals surface area (Å²) in [7, 11) is 0. The van der Waals surface area contributed by atoms with E-state index in [9.17, 15) is 0 Å². The molecule has 1 saturated heterocycles. The second-order valence-corrected chi connectivity index (χ2v) is 9.01. The van der Waals surface area contributed by atoms with Crippen LogP contribution in [0, 0.1) is 0 Å². The Bertz CT molecular complexity index is 1220. The van der Waals surface area contributed by atoms with E-state index >= 15 is 0 Å². The number of aromatic nitrogens is 3. The van der Waals surface area contributed by atoms with E-state index in [1.54, 1.807) is 0 Å². The largest absolute Gasteiger partial charge is 0.351 e. The molecule has 0 amide bonds. The summed E-state index contributed by atoms with van der Waals surface area (Å²) >= 11 is 5.87. The van der Waals surface area contributed by atoms with E-state index < -0.39 is 0 Å². The number of anilines is 1. The molecule has 0 saturated carbocycles. The average molecular weight is 454 g/mol. The maximum Gasteiger partial charge on any atom is 0.174 e. The molecule has 33 heavy (non-hydrogen) atoms. The van der Waals surface area contributed by atoms with Crippen LogP contribution in [-0.4, -0.2) is 19.6 Å². The third-order valence-corrected chi connectivity index (χ3v) is 6.48. The van der Waals surface area contributed by atoms with Gasteiger partial charge in [0.2, 0.25) is 0 Å². The van der Waals surface area contributed by atoms with Crippen molar-refractivity contribution >= 4 is 23.0 Å². The fraction of sp³-hybridized carbons (Fsp3) is 0.222. The first-order valence-electron chi connectivity index (χ1n) is 11.3. The van der Waals surface area contributed by atoms with E-state index in [2.05, 4.69) is 93.3 Å². The molecule has 1 aliphatic rings. The maximum absolute atomic E-state index is 5.87. The number of nitrogens with one attached hydrogen (secondary N) is 1. The van der Waals surface area contributed by atoms with Crippen LogP contribution in [0.5, 0.6) is 0 Å². The average Bonchev–Trinajstić information content (AvgIpc) is 3.44. The minimum atomic E-state index is -0.0687. The molecule has 4 aromatic rings. The Morgan fingerprint density at radius 3 is 2.33 bits per heavy atom. The normalized spacial score (nSPS) is 18.0. The lowest BCUT2D eigenvalue weighted by molar-refractivity contribution is 0.532. The molecular weight excluding hydrogens is 426 g/mol. The Labute approximate surface area is 200 Å². The van der Waals surface area contributed by atoms with Gasteiger partial charge in [-0.3, -0.25) is 9.97 Å². The van der Waals surface area contributed by atoms with Crippen molar-refractivity contribution < 1.29 is 0 Å². The van der Waals surface area contributed by atoms with Gasteiger partial charge in [0, 0.05) is 30.0 Å². The SMILES string of the molecule is CC(C)c1ccc(N2C(=S)N[C@@H](c3ccccn3)[C@@H]2c2cccn2Cc2ccccn2)cc1. The minimum absolute atomic E-state index is 0.0454. The Morgan fingerprint density at radius 1 is 0.909 bits per heavy atom. The number of rotatable bonds is 6. The van der Waals surface area contributed by atoms with E-state index in [0.29, 0.717) is 17.6 Å². The van der Waals surface area contributed by atoms with Crippen molar-refractivity contribution in [1.29, 1.82) is 0 Å². The lowest BCUT2D eigenvalue weighted by Gasteiger charge is -2.29. The topological polar surface area (TPSA) is 46.0 Å². The second kappa shape index (κ2) is 9.16. The van der Waals surface area contributed by atoms with Gasteiger partial charge in [0.1, 0.15) is 6.04 Å². The van der Waals surface area contributed by atoms with Crippen LogP contribution in [0.15, 0.2) is 91.4 Å². The molecule has 1 N–H and O–H groups in total. The van der Waals surface area contributed by atoms with Crippen molar-refractivity contribution in [3.63, 3.8) is 0 Å². The fourth-order valence-corrected chi connectivity index (χ4v) is 4.81. The van der Waals surface area contributed by atoms with Crippen molar-refractivity contribution in [3.8, 4) is 0 Å². The van der Waals surface area contributed by atoms with Crippen molar-refractivity contribution in [1.82, 2.24) is 19.9 Å². The molecule has 1 aliphatic heterocycles. The zero-order chi connectivity index (χ0) is 22.8. The first-order chi connectivity index (χ1) is 16.1.